The molecule has 0 aliphatic carbocycles. The molecular formula is C30H42O3. The lowest BCUT2D eigenvalue weighted by molar-refractivity contribution is 0.112. The molecule has 0 amide bonds. The number of unbranched alkanes of at least 4 members (excludes halogenated alkanes) is 9. The van der Waals surface area contributed by atoms with Crippen LogP contribution in [0.2, 0.25) is 0 Å². The summed E-state index contributed by atoms with van der Waals surface area (Å²) in [5, 5.41) is 0. The van der Waals surface area contributed by atoms with Gasteiger partial charge in [-0.1, -0.05) is 69.7 Å². The van der Waals surface area contributed by atoms with Gasteiger partial charge in [-0.2, -0.15) is 0 Å². The van der Waals surface area contributed by atoms with Gasteiger partial charge in [0.05, 0.1) is 0 Å². The van der Waals surface area contributed by atoms with E-state index in [0.29, 0.717) is 18.8 Å². The fraction of sp³-hybridized carbons (Fsp3) is 0.500. The van der Waals surface area contributed by atoms with E-state index < -0.39 is 0 Å². The fourth-order valence-corrected chi connectivity index (χ4v) is 3.80. The molecule has 3 heteroatoms. The zero-order valence-corrected chi connectivity index (χ0v) is 20.5. The van der Waals surface area contributed by atoms with Gasteiger partial charge in [0.1, 0.15) is 31.0 Å². The maximum atomic E-state index is 10.7. The minimum absolute atomic E-state index is 0.471. The van der Waals surface area contributed by atoms with E-state index in [2.05, 4.69) is 37.3 Å². The molecule has 0 spiro atoms. The molecule has 0 N–H and O–H groups in total. The highest BCUT2D eigenvalue weighted by atomic mass is 16.5. The highest BCUT2D eigenvalue weighted by Crippen LogP contribution is 2.17. The van der Waals surface area contributed by atoms with E-state index in [-0.39, 0.29) is 0 Å². The monoisotopic (exact) mass is 450 g/mol. The summed E-state index contributed by atoms with van der Waals surface area (Å²) in [6.45, 7) is 3.23. The first kappa shape index (κ1) is 26.7. The second-order valence-corrected chi connectivity index (χ2v) is 8.66. The van der Waals surface area contributed by atoms with E-state index in [9.17, 15) is 4.79 Å². The van der Waals surface area contributed by atoms with Crippen molar-refractivity contribution in [3.63, 3.8) is 0 Å². The number of rotatable bonds is 19. The van der Waals surface area contributed by atoms with Crippen LogP contribution in [0.3, 0.4) is 0 Å². The van der Waals surface area contributed by atoms with Crippen molar-refractivity contribution in [2.24, 2.45) is 0 Å². The molecule has 33 heavy (non-hydrogen) atoms. The van der Waals surface area contributed by atoms with Gasteiger partial charge < -0.3 is 9.47 Å². The lowest BCUT2D eigenvalue weighted by Gasteiger charge is -2.10. The normalized spacial score (nSPS) is 11.1. The summed E-state index contributed by atoms with van der Waals surface area (Å²) in [7, 11) is 0. The van der Waals surface area contributed by atoms with Crippen LogP contribution in [0, 0.1) is 0 Å². The largest absolute Gasteiger partial charge is 0.490 e. The Morgan fingerprint density at radius 2 is 1.33 bits per heavy atom. The lowest BCUT2D eigenvalue weighted by Crippen LogP contribution is -2.09. The topological polar surface area (TPSA) is 35.5 Å². The molecule has 0 unspecified atom stereocenters. The zero-order chi connectivity index (χ0) is 23.4. The third-order valence-electron chi connectivity index (χ3n) is 5.76. The molecule has 0 aliphatic heterocycles. The van der Waals surface area contributed by atoms with Crippen molar-refractivity contribution in [1.82, 2.24) is 0 Å². The first-order valence-corrected chi connectivity index (χ1v) is 12.9. The third-order valence-corrected chi connectivity index (χ3v) is 5.76. The molecule has 2 aromatic carbocycles. The number of hydrogen-bond donors (Lipinski definition) is 0. The first-order chi connectivity index (χ1) is 16.3. The van der Waals surface area contributed by atoms with Gasteiger partial charge in [0, 0.05) is 5.56 Å². The van der Waals surface area contributed by atoms with Crippen molar-refractivity contribution >= 4 is 6.29 Å². The van der Waals surface area contributed by atoms with Crippen LogP contribution in [0.15, 0.2) is 60.7 Å². The molecule has 0 atom stereocenters. The number of benzene rings is 2. The van der Waals surface area contributed by atoms with E-state index in [4.69, 9.17) is 9.47 Å². The van der Waals surface area contributed by atoms with Crippen LogP contribution in [0.25, 0.3) is 0 Å². The summed E-state index contributed by atoms with van der Waals surface area (Å²) < 4.78 is 11.5. The lowest BCUT2D eigenvalue weighted by atomic mass is 10.0. The number of aldehydes is 1. The quantitative estimate of drug-likeness (QED) is 0.122. The van der Waals surface area contributed by atoms with E-state index in [0.717, 1.165) is 24.2 Å². The van der Waals surface area contributed by atoms with Gasteiger partial charge in [0.25, 0.3) is 0 Å². The molecule has 0 bridgehead atoms. The van der Waals surface area contributed by atoms with Crippen molar-refractivity contribution in [2.75, 3.05) is 13.2 Å². The van der Waals surface area contributed by atoms with E-state index in [1.807, 2.05) is 6.07 Å². The van der Waals surface area contributed by atoms with Crippen molar-refractivity contribution in [1.29, 1.82) is 0 Å². The molecule has 2 aromatic rings. The summed E-state index contributed by atoms with van der Waals surface area (Å²) >= 11 is 0. The zero-order valence-electron chi connectivity index (χ0n) is 20.5. The Bertz CT molecular complexity index is 779. The maximum Gasteiger partial charge on any atom is 0.150 e. The number of aryl methyl sites for hydroxylation is 1. The van der Waals surface area contributed by atoms with Crippen LogP contribution in [-0.4, -0.2) is 19.5 Å². The van der Waals surface area contributed by atoms with Gasteiger partial charge >= 0.3 is 0 Å². The molecule has 0 radical (unpaired) electrons. The number of carbonyl (C=O) groups excluding carboxylic acids is 1. The molecule has 180 valence electrons. The summed E-state index contributed by atoms with van der Waals surface area (Å²) in [6.07, 6.45) is 21.1. The van der Waals surface area contributed by atoms with Gasteiger partial charge in [-0.15, -0.1) is 0 Å². The summed E-state index contributed by atoms with van der Waals surface area (Å²) in [5.41, 5.74) is 1.99. The Morgan fingerprint density at radius 3 is 2.03 bits per heavy atom. The van der Waals surface area contributed by atoms with Gasteiger partial charge in [0.2, 0.25) is 0 Å². The van der Waals surface area contributed by atoms with Crippen molar-refractivity contribution in [2.45, 2.75) is 84.0 Å². The number of allylic oxidation sites excluding steroid dienone is 2. The standard InChI is InChI=1S/C30H42O3/c1-2-3-4-5-6-7-8-9-10-11-12-13-14-16-27-17-15-18-30(25-27)33-24-23-32-29-21-19-28(26-31)20-22-29/h7-8,15,17-22,25-26H,2-6,9-14,16,23-24H2,1H3. The van der Waals surface area contributed by atoms with Gasteiger partial charge in [0.15, 0.2) is 0 Å². The molecule has 0 aliphatic rings. The SMILES string of the molecule is CCCCCCC=CCCCCCCCc1cccc(OCCOc2ccc(C=O)cc2)c1. The fourth-order valence-electron chi connectivity index (χ4n) is 3.80. The second kappa shape index (κ2) is 17.9. The molecule has 0 saturated carbocycles. The molecule has 3 nitrogen and oxygen atoms in total. The number of ether oxygens (including phenoxy) is 2. The highest BCUT2D eigenvalue weighted by molar-refractivity contribution is 5.74. The van der Waals surface area contributed by atoms with Crippen LogP contribution >= 0.6 is 0 Å². The summed E-state index contributed by atoms with van der Waals surface area (Å²) in [4.78, 5) is 10.7. The van der Waals surface area contributed by atoms with Crippen LogP contribution < -0.4 is 9.47 Å². The third kappa shape index (κ3) is 12.9. The maximum absolute atomic E-state index is 10.7. The molecule has 0 saturated heterocycles. The van der Waals surface area contributed by atoms with Crippen molar-refractivity contribution < 1.29 is 14.3 Å². The van der Waals surface area contributed by atoms with E-state index in [1.54, 1.807) is 24.3 Å². The average Bonchev–Trinajstić information content (AvgIpc) is 2.85. The van der Waals surface area contributed by atoms with Crippen LogP contribution in [0.1, 0.15) is 93.5 Å². The Morgan fingerprint density at radius 1 is 0.697 bits per heavy atom. The molecule has 0 heterocycles. The predicted molar refractivity (Wildman–Crippen MR) is 139 cm³/mol. The number of carbonyl (C=O) groups is 1. The Hall–Kier alpha value is -2.55. The second-order valence-electron chi connectivity index (χ2n) is 8.66. The van der Waals surface area contributed by atoms with Crippen LogP contribution in [0.5, 0.6) is 11.5 Å². The number of hydrogen-bond acceptors (Lipinski definition) is 3. The van der Waals surface area contributed by atoms with Gasteiger partial charge in [-0.3, -0.25) is 4.79 Å². The van der Waals surface area contributed by atoms with Crippen LogP contribution in [-0.2, 0) is 6.42 Å². The summed E-state index contributed by atoms with van der Waals surface area (Å²) in [5.74, 6) is 1.64. The van der Waals surface area contributed by atoms with Crippen molar-refractivity contribution in [3.8, 4) is 11.5 Å². The molecule has 2 rings (SSSR count). The summed E-state index contributed by atoms with van der Waals surface area (Å²) in [6, 6.07) is 15.5. The smallest absolute Gasteiger partial charge is 0.150 e. The predicted octanol–water partition coefficient (Wildman–Crippen LogP) is 8.37. The van der Waals surface area contributed by atoms with Crippen LogP contribution in [0.4, 0.5) is 0 Å². The Balaban J connectivity index is 1.49. The van der Waals surface area contributed by atoms with Gasteiger partial charge in [-0.25, -0.2) is 0 Å². The minimum Gasteiger partial charge on any atom is -0.490 e. The van der Waals surface area contributed by atoms with E-state index in [1.165, 1.54) is 76.2 Å². The Labute approximate surface area is 201 Å². The highest BCUT2D eigenvalue weighted by Gasteiger charge is 2.00. The Kier molecular flexibility index (Phi) is 14.5. The first-order valence-electron chi connectivity index (χ1n) is 12.9. The molecule has 0 fully saturated rings. The average molecular weight is 451 g/mol. The van der Waals surface area contributed by atoms with Gasteiger partial charge in [-0.05, 0) is 80.5 Å². The van der Waals surface area contributed by atoms with Crippen molar-refractivity contribution in [3.05, 3.63) is 71.8 Å². The molecular weight excluding hydrogens is 408 g/mol. The molecule has 0 aromatic heterocycles. The minimum atomic E-state index is 0.471. The van der Waals surface area contributed by atoms with E-state index >= 15 is 0 Å².